The van der Waals surface area contributed by atoms with E-state index in [1.54, 1.807) is 6.07 Å². The Hall–Kier alpha value is -2.62. The molecule has 20 heavy (non-hydrogen) atoms. The molecule has 3 rings (SSSR count). The van der Waals surface area contributed by atoms with Crippen molar-refractivity contribution in [3.63, 3.8) is 0 Å². The van der Waals surface area contributed by atoms with E-state index in [4.69, 9.17) is 4.74 Å². The maximum atomic E-state index is 11.7. The number of carbonyl (C=O) groups excluding carboxylic acids is 1. The molecule has 3 aromatic rings. The second-order valence-electron chi connectivity index (χ2n) is 4.55. The van der Waals surface area contributed by atoms with Gasteiger partial charge in [-0.3, -0.25) is 4.68 Å². The average Bonchev–Trinajstić information content (AvgIpc) is 2.89. The molecule has 0 radical (unpaired) electrons. The van der Waals surface area contributed by atoms with Crippen LogP contribution in [0.2, 0.25) is 0 Å². The highest BCUT2D eigenvalue weighted by molar-refractivity contribution is 6.02. The number of rotatable bonds is 3. The minimum absolute atomic E-state index is 0.361. The molecule has 0 saturated carbocycles. The second-order valence-corrected chi connectivity index (χ2v) is 4.55. The van der Waals surface area contributed by atoms with Gasteiger partial charge in [0, 0.05) is 11.6 Å². The van der Waals surface area contributed by atoms with E-state index in [0.717, 1.165) is 5.39 Å². The summed E-state index contributed by atoms with van der Waals surface area (Å²) in [5, 5.41) is 5.43. The highest BCUT2D eigenvalue weighted by Gasteiger charge is 2.13. The zero-order valence-corrected chi connectivity index (χ0v) is 11.1. The van der Waals surface area contributed by atoms with Crippen LogP contribution in [0.15, 0.2) is 54.7 Å². The molecule has 100 valence electrons. The number of aromatic nitrogens is 2. The fourth-order valence-corrected chi connectivity index (χ4v) is 2.22. The first-order valence-corrected chi connectivity index (χ1v) is 6.36. The van der Waals surface area contributed by atoms with Gasteiger partial charge in [0.05, 0.1) is 19.2 Å². The first-order valence-electron chi connectivity index (χ1n) is 6.36. The van der Waals surface area contributed by atoms with Crippen molar-refractivity contribution in [1.82, 2.24) is 9.78 Å². The zero-order chi connectivity index (χ0) is 13.9. The van der Waals surface area contributed by atoms with Gasteiger partial charge in [-0.15, -0.1) is 0 Å². The van der Waals surface area contributed by atoms with E-state index in [-0.39, 0.29) is 5.97 Å². The van der Waals surface area contributed by atoms with E-state index in [1.165, 1.54) is 12.7 Å². The van der Waals surface area contributed by atoms with Gasteiger partial charge in [0.15, 0.2) is 0 Å². The SMILES string of the molecule is COC(=O)c1cccc2cn(Cc3ccccc3)nc12. The van der Waals surface area contributed by atoms with Crippen LogP contribution in [0.4, 0.5) is 0 Å². The third-order valence-electron chi connectivity index (χ3n) is 3.18. The summed E-state index contributed by atoms with van der Waals surface area (Å²) in [6.45, 7) is 0.677. The Labute approximate surface area is 116 Å². The largest absolute Gasteiger partial charge is 0.465 e. The molecule has 0 aliphatic carbocycles. The molecule has 0 aliphatic rings. The van der Waals surface area contributed by atoms with Crippen molar-refractivity contribution in [3.8, 4) is 0 Å². The average molecular weight is 266 g/mol. The van der Waals surface area contributed by atoms with Gasteiger partial charge in [-0.25, -0.2) is 4.79 Å². The van der Waals surface area contributed by atoms with E-state index < -0.39 is 0 Å². The maximum absolute atomic E-state index is 11.7. The first kappa shape index (κ1) is 12.4. The third-order valence-corrected chi connectivity index (χ3v) is 3.18. The molecular weight excluding hydrogens is 252 g/mol. The quantitative estimate of drug-likeness (QED) is 0.685. The smallest absolute Gasteiger partial charge is 0.340 e. The predicted octanol–water partition coefficient (Wildman–Crippen LogP) is 2.87. The van der Waals surface area contributed by atoms with Crippen LogP contribution in [0.25, 0.3) is 10.9 Å². The summed E-state index contributed by atoms with van der Waals surface area (Å²) < 4.78 is 6.62. The van der Waals surface area contributed by atoms with Crippen LogP contribution in [0, 0.1) is 0 Å². The predicted molar refractivity (Wildman–Crippen MR) is 76.6 cm³/mol. The van der Waals surface area contributed by atoms with Crippen LogP contribution in [-0.2, 0) is 11.3 Å². The van der Waals surface area contributed by atoms with Gasteiger partial charge in [0.2, 0.25) is 0 Å². The van der Waals surface area contributed by atoms with Gasteiger partial charge in [-0.2, -0.15) is 5.10 Å². The molecule has 0 fully saturated rings. The van der Waals surface area contributed by atoms with Gasteiger partial charge in [0.1, 0.15) is 5.52 Å². The van der Waals surface area contributed by atoms with Crippen molar-refractivity contribution in [3.05, 3.63) is 65.9 Å². The van der Waals surface area contributed by atoms with Gasteiger partial charge < -0.3 is 4.74 Å². The van der Waals surface area contributed by atoms with Crippen molar-refractivity contribution in [2.75, 3.05) is 7.11 Å². The number of ether oxygens (including phenoxy) is 1. The number of carbonyl (C=O) groups is 1. The highest BCUT2D eigenvalue weighted by atomic mass is 16.5. The van der Waals surface area contributed by atoms with Crippen LogP contribution in [0.1, 0.15) is 15.9 Å². The lowest BCUT2D eigenvalue weighted by Gasteiger charge is -2.01. The lowest BCUT2D eigenvalue weighted by molar-refractivity contribution is 0.0602. The lowest BCUT2D eigenvalue weighted by Crippen LogP contribution is -2.03. The highest BCUT2D eigenvalue weighted by Crippen LogP contribution is 2.18. The fraction of sp³-hybridized carbons (Fsp3) is 0.125. The molecule has 1 heterocycles. The summed E-state index contributed by atoms with van der Waals surface area (Å²) in [6.07, 6.45) is 1.94. The lowest BCUT2D eigenvalue weighted by atomic mass is 10.1. The van der Waals surface area contributed by atoms with Crippen molar-refractivity contribution < 1.29 is 9.53 Å². The minimum Gasteiger partial charge on any atom is -0.465 e. The summed E-state index contributed by atoms with van der Waals surface area (Å²) in [7, 11) is 1.38. The molecule has 0 spiro atoms. The normalized spacial score (nSPS) is 10.7. The van der Waals surface area contributed by atoms with Crippen LogP contribution < -0.4 is 0 Å². The number of benzene rings is 2. The molecule has 0 amide bonds. The van der Waals surface area contributed by atoms with E-state index in [1.807, 2.05) is 53.3 Å². The summed E-state index contributed by atoms with van der Waals surface area (Å²) in [4.78, 5) is 11.7. The van der Waals surface area contributed by atoms with Crippen molar-refractivity contribution in [2.45, 2.75) is 6.54 Å². The Kier molecular flexibility index (Phi) is 3.21. The molecule has 0 unspecified atom stereocenters. The molecule has 2 aromatic carbocycles. The summed E-state index contributed by atoms with van der Waals surface area (Å²) in [5.41, 5.74) is 2.34. The molecule has 1 aromatic heterocycles. The number of esters is 1. The van der Waals surface area contributed by atoms with Crippen LogP contribution >= 0.6 is 0 Å². The van der Waals surface area contributed by atoms with Crippen LogP contribution in [0.3, 0.4) is 0 Å². The van der Waals surface area contributed by atoms with Crippen LogP contribution in [0.5, 0.6) is 0 Å². The molecule has 0 saturated heterocycles. The summed E-state index contributed by atoms with van der Waals surface area (Å²) in [5.74, 6) is -0.361. The Balaban J connectivity index is 2.00. The number of methoxy groups -OCH3 is 1. The van der Waals surface area contributed by atoms with E-state index in [2.05, 4.69) is 5.10 Å². The van der Waals surface area contributed by atoms with Crippen LogP contribution in [-0.4, -0.2) is 22.9 Å². The Morgan fingerprint density at radius 1 is 1.15 bits per heavy atom. The Bertz CT molecular complexity index is 748. The molecule has 4 nitrogen and oxygen atoms in total. The van der Waals surface area contributed by atoms with Gasteiger partial charge in [-0.05, 0) is 11.6 Å². The third kappa shape index (κ3) is 2.28. The van der Waals surface area contributed by atoms with E-state index >= 15 is 0 Å². The Morgan fingerprint density at radius 3 is 2.70 bits per heavy atom. The molecule has 0 atom stereocenters. The first-order chi connectivity index (χ1) is 9.78. The monoisotopic (exact) mass is 266 g/mol. The molecule has 4 heteroatoms. The number of nitrogens with zero attached hydrogens (tertiary/aromatic N) is 2. The Morgan fingerprint density at radius 2 is 1.95 bits per heavy atom. The number of hydrogen-bond donors (Lipinski definition) is 0. The molecule has 0 bridgehead atoms. The molecule has 0 aliphatic heterocycles. The second kappa shape index (κ2) is 5.17. The standard InChI is InChI=1S/C16H14N2O2/c1-20-16(19)14-9-5-8-13-11-18(17-15(13)14)10-12-6-3-2-4-7-12/h2-9,11H,10H2,1H3. The molecule has 0 N–H and O–H groups in total. The van der Waals surface area contributed by atoms with Gasteiger partial charge in [-0.1, -0.05) is 42.5 Å². The maximum Gasteiger partial charge on any atom is 0.340 e. The number of hydrogen-bond acceptors (Lipinski definition) is 3. The van der Waals surface area contributed by atoms with Crippen molar-refractivity contribution >= 4 is 16.9 Å². The van der Waals surface area contributed by atoms with E-state index in [0.29, 0.717) is 17.6 Å². The summed E-state index contributed by atoms with van der Waals surface area (Å²) >= 11 is 0. The minimum atomic E-state index is -0.361. The molecular formula is C16H14N2O2. The van der Waals surface area contributed by atoms with E-state index in [9.17, 15) is 4.79 Å². The summed E-state index contributed by atoms with van der Waals surface area (Å²) in [6, 6.07) is 15.6. The zero-order valence-electron chi connectivity index (χ0n) is 11.1. The fourth-order valence-electron chi connectivity index (χ4n) is 2.22. The van der Waals surface area contributed by atoms with Crippen molar-refractivity contribution in [1.29, 1.82) is 0 Å². The van der Waals surface area contributed by atoms with Gasteiger partial charge in [0.25, 0.3) is 0 Å². The van der Waals surface area contributed by atoms with Crippen molar-refractivity contribution in [2.24, 2.45) is 0 Å². The van der Waals surface area contributed by atoms with Gasteiger partial charge >= 0.3 is 5.97 Å². The number of fused-ring (bicyclic) bond motifs is 1. The topological polar surface area (TPSA) is 44.1 Å².